The highest BCUT2D eigenvalue weighted by Gasteiger charge is 2.29. The molecule has 0 bridgehead atoms. The van der Waals surface area contributed by atoms with Crippen LogP contribution in [0, 0.1) is 0 Å². The zero-order chi connectivity index (χ0) is 19.7. The van der Waals surface area contributed by atoms with Crippen LogP contribution < -0.4 is 5.32 Å². The number of alkyl halides is 2. The molecule has 0 aliphatic heterocycles. The van der Waals surface area contributed by atoms with Gasteiger partial charge in [-0.05, 0) is 35.6 Å². The summed E-state index contributed by atoms with van der Waals surface area (Å²) in [5.41, 5.74) is 2.13. The van der Waals surface area contributed by atoms with Crippen molar-refractivity contribution in [3.63, 3.8) is 0 Å². The number of nitrogens with zero attached hydrogens (tertiary/aromatic N) is 2. The molecule has 27 heavy (non-hydrogen) atoms. The van der Waals surface area contributed by atoms with Gasteiger partial charge in [-0.25, -0.2) is 8.78 Å². The van der Waals surface area contributed by atoms with Gasteiger partial charge in [-0.15, -0.1) is 0 Å². The Kier molecular flexibility index (Phi) is 5.83. The normalized spacial score (nSPS) is 16.4. The van der Waals surface area contributed by atoms with Gasteiger partial charge in [-0.2, -0.15) is 5.10 Å². The van der Waals surface area contributed by atoms with Crippen LogP contribution in [0.15, 0.2) is 34.5 Å². The zero-order valence-electron chi connectivity index (χ0n) is 14.3. The average molecular weight is 416 g/mol. The number of halogens is 4. The average Bonchev–Trinajstić information content (AvgIpc) is 3.03. The molecule has 0 saturated carbocycles. The smallest absolute Gasteiger partial charge is 0.282 e. The summed E-state index contributed by atoms with van der Waals surface area (Å²) < 4.78 is 27.5. The summed E-state index contributed by atoms with van der Waals surface area (Å²) in [5.74, 6) is -1.03. The van der Waals surface area contributed by atoms with E-state index in [4.69, 9.17) is 23.2 Å². The molecular weight excluding hydrogens is 399 g/mol. The quantitative estimate of drug-likeness (QED) is 0.780. The van der Waals surface area contributed by atoms with Gasteiger partial charge in [-0.1, -0.05) is 35.3 Å². The highest BCUT2D eigenvalue weighted by atomic mass is 35.5. The fourth-order valence-corrected chi connectivity index (χ4v) is 3.87. The maximum absolute atomic E-state index is 13.1. The first kappa shape index (κ1) is 19.8. The number of amides is 1. The van der Waals surface area contributed by atoms with E-state index in [-0.39, 0.29) is 22.6 Å². The first-order valence-electron chi connectivity index (χ1n) is 8.23. The highest BCUT2D eigenvalue weighted by molar-refractivity contribution is 6.56. The molecule has 1 atom stereocenters. The number of carbonyl (C=O) groups is 1. The van der Waals surface area contributed by atoms with E-state index in [1.165, 1.54) is 17.9 Å². The molecule has 0 radical (unpaired) electrons. The SMILES string of the molecule is Cn1cc(C(=O)Nc2cccc3c2CCC(=C(Cl)Cl)C3CO)c(C(F)F)n1. The van der Waals surface area contributed by atoms with Crippen molar-refractivity contribution in [2.75, 3.05) is 11.9 Å². The number of aliphatic hydroxyl groups is 1. The Morgan fingerprint density at radius 1 is 1.41 bits per heavy atom. The predicted octanol–water partition coefficient (Wildman–Crippen LogP) is 4.32. The Balaban J connectivity index is 1.96. The lowest BCUT2D eigenvalue weighted by atomic mass is 9.79. The maximum Gasteiger partial charge on any atom is 0.282 e. The molecule has 0 fully saturated rings. The largest absolute Gasteiger partial charge is 0.395 e. The van der Waals surface area contributed by atoms with Crippen LogP contribution in [0.3, 0.4) is 0 Å². The molecule has 0 saturated heterocycles. The third-order valence-corrected chi connectivity index (χ3v) is 5.12. The van der Waals surface area contributed by atoms with Crippen molar-refractivity contribution in [1.82, 2.24) is 9.78 Å². The number of aryl methyl sites for hydroxylation is 1. The molecule has 1 aromatic carbocycles. The number of aliphatic hydroxyl groups excluding tert-OH is 1. The van der Waals surface area contributed by atoms with Gasteiger partial charge < -0.3 is 10.4 Å². The fourth-order valence-electron chi connectivity index (χ4n) is 3.42. The van der Waals surface area contributed by atoms with E-state index < -0.39 is 18.0 Å². The van der Waals surface area contributed by atoms with Gasteiger partial charge in [0.25, 0.3) is 12.3 Å². The molecule has 2 N–H and O–H groups in total. The van der Waals surface area contributed by atoms with Gasteiger partial charge in [0.1, 0.15) is 10.2 Å². The lowest BCUT2D eigenvalue weighted by Crippen LogP contribution is -2.20. The number of fused-ring (bicyclic) bond motifs is 1. The Morgan fingerprint density at radius 2 is 2.15 bits per heavy atom. The number of benzene rings is 1. The van der Waals surface area contributed by atoms with Gasteiger partial charge >= 0.3 is 0 Å². The summed E-state index contributed by atoms with van der Waals surface area (Å²) in [6.45, 7) is -0.180. The number of anilines is 1. The van der Waals surface area contributed by atoms with Crippen LogP contribution in [-0.4, -0.2) is 27.4 Å². The molecular formula is C18H17Cl2F2N3O2. The van der Waals surface area contributed by atoms with Crippen LogP contribution in [0.25, 0.3) is 0 Å². The van der Waals surface area contributed by atoms with Crippen LogP contribution in [-0.2, 0) is 13.5 Å². The van der Waals surface area contributed by atoms with Gasteiger partial charge in [0.05, 0.1) is 12.2 Å². The molecule has 1 aromatic heterocycles. The van der Waals surface area contributed by atoms with Gasteiger partial charge in [0.2, 0.25) is 0 Å². The summed E-state index contributed by atoms with van der Waals surface area (Å²) in [7, 11) is 1.47. The van der Waals surface area contributed by atoms with E-state index in [2.05, 4.69) is 10.4 Å². The second-order valence-corrected chi connectivity index (χ2v) is 7.20. The van der Waals surface area contributed by atoms with Crippen molar-refractivity contribution in [3.05, 3.63) is 56.8 Å². The third kappa shape index (κ3) is 3.85. The van der Waals surface area contributed by atoms with Crippen molar-refractivity contribution >= 4 is 34.8 Å². The molecule has 1 aliphatic carbocycles. The fraction of sp³-hybridized carbons (Fsp3) is 0.333. The molecule has 5 nitrogen and oxygen atoms in total. The first-order chi connectivity index (χ1) is 12.8. The van der Waals surface area contributed by atoms with Crippen molar-refractivity contribution in [1.29, 1.82) is 0 Å². The number of hydrogen-bond donors (Lipinski definition) is 2. The zero-order valence-corrected chi connectivity index (χ0v) is 15.9. The third-order valence-electron chi connectivity index (χ3n) is 4.63. The minimum Gasteiger partial charge on any atom is -0.395 e. The first-order valence-corrected chi connectivity index (χ1v) is 8.98. The number of nitrogens with one attached hydrogen (secondary N) is 1. The van der Waals surface area contributed by atoms with Gasteiger partial charge in [0, 0.05) is 24.8 Å². The molecule has 1 aliphatic rings. The van der Waals surface area contributed by atoms with E-state index in [1.54, 1.807) is 12.1 Å². The molecule has 2 aromatic rings. The maximum atomic E-state index is 13.1. The van der Waals surface area contributed by atoms with E-state index in [1.807, 2.05) is 6.07 Å². The van der Waals surface area contributed by atoms with Crippen LogP contribution in [0.1, 0.15) is 45.9 Å². The second-order valence-electron chi connectivity index (χ2n) is 6.25. The van der Waals surface area contributed by atoms with Gasteiger partial charge in [-0.3, -0.25) is 9.48 Å². The molecule has 1 amide bonds. The van der Waals surface area contributed by atoms with E-state index in [0.717, 1.165) is 16.7 Å². The predicted molar refractivity (Wildman–Crippen MR) is 99.4 cm³/mol. The Morgan fingerprint density at radius 3 is 2.78 bits per heavy atom. The molecule has 1 heterocycles. The summed E-state index contributed by atoms with van der Waals surface area (Å²) in [6.07, 6.45) is -0.511. The minimum atomic E-state index is -2.85. The van der Waals surface area contributed by atoms with E-state index in [9.17, 15) is 18.7 Å². The Labute approximate surface area is 164 Å². The summed E-state index contributed by atoms with van der Waals surface area (Å²) in [5, 5.41) is 16.1. The minimum absolute atomic E-state index is 0.131. The standard InChI is InChI=1S/C18H17Cl2F2N3O2/c1-25-7-12(15(24-25)17(21)22)18(27)23-14-4-2-3-9-10(14)5-6-11(16(19)20)13(9)8-26/h2-4,7,13,17,26H,5-6,8H2,1H3,(H,23,27). The number of carbonyl (C=O) groups excluding carboxylic acids is 1. The highest BCUT2D eigenvalue weighted by Crippen LogP contribution is 2.41. The molecule has 3 rings (SSSR count). The van der Waals surface area contributed by atoms with E-state index in [0.29, 0.717) is 18.5 Å². The summed E-state index contributed by atoms with van der Waals surface area (Å²) in [6, 6.07) is 5.25. The van der Waals surface area contributed by atoms with Crippen LogP contribution in [0.2, 0.25) is 0 Å². The molecule has 9 heteroatoms. The number of rotatable bonds is 4. The Hall–Kier alpha value is -1.96. The molecule has 1 unspecified atom stereocenters. The van der Waals surface area contributed by atoms with Crippen molar-refractivity contribution in [3.8, 4) is 0 Å². The van der Waals surface area contributed by atoms with Crippen molar-refractivity contribution in [2.45, 2.75) is 25.2 Å². The van der Waals surface area contributed by atoms with Crippen LogP contribution in [0.5, 0.6) is 0 Å². The lowest BCUT2D eigenvalue weighted by molar-refractivity contribution is 0.101. The van der Waals surface area contributed by atoms with Crippen molar-refractivity contribution in [2.24, 2.45) is 7.05 Å². The molecule has 0 spiro atoms. The number of hydrogen-bond acceptors (Lipinski definition) is 3. The summed E-state index contributed by atoms with van der Waals surface area (Å²) in [4.78, 5) is 12.6. The monoisotopic (exact) mass is 415 g/mol. The number of aromatic nitrogens is 2. The van der Waals surface area contributed by atoms with Crippen molar-refractivity contribution < 1.29 is 18.7 Å². The van der Waals surface area contributed by atoms with Gasteiger partial charge in [0.15, 0.2) is 0 Å². The van der Waals surface area contributed by atoms with E-state index >= 15 is 0 Å². The van der Waals surface area contributed by atoms with Crippen LogP contribution in [0.4, 0.5) is 14.5 Å². The topological polar surface area (TPSA) is 67.2 Å². The summed E-state index contributed by atoms with van der Waals surface area (Å²) >= 11 is 11.9. The lowest BCUT2D eigenvalue weighted by Gasteiger charge is -2.29. The van der Waals surface area contributed by atoms with Crippen LogP contribution >= 0.6 is 23.2 Å². The molecule has 144 valence electrons. The Bertz CT molecular complexity index is 908. The second kappa shape index (κ2) is 7.96.